The van der Waals surface area contributed by atoms with E-state index in [0.29, 0.717) is 5.92 Å². The van der Waals surface area contributed by atoms with E-state index in [1.54, 1.807) is 7.11 Å². The Morgan fingerprint density at radius 1 is 1.47 bits per heavy atom. The van der Waals surface area contributed by atoms with Crippen molar-refractivity contribution >= 4 is 5.84 Å². The number of amidine groups is 1. The Labute approximate surface area is 113 Å². The van der Waals surface area contributed by atoms with Crippen LogP contribution in [0.15, 0.2) is 23.2 Å². The van der Waals surface area contributed by atoms with Gasteiger partial charge in [-0.25, -0.2) is 0 Å². The van der Waals surface area contributed by atoms with Crippen LogP contribution in [-0.4, -0.2) is 32.6 Å². The Kier molecular flexibility index (Phi) is 3.58. The maximum Gasteiger partial charge on any atom is 0.123 e. The van der Waals surface area contributed by atoms with Crippen molar-refractivity contribution in [1.29, 1.82) is 0 Å². The third-order valence-corrected chi connectivity index (χ3v) is 3.79. The molecule has 4 heteroatoms. The molecule has 0 fully saturated rings. The number of rotatable bonds is 3. The van der Waals surface area contributed by atoms with Crippen LogP contribution in [0.4, 0.5) is 0 Å². The topological polar surface area (TPSA) is 42.8 Å². The highest BCUT2D eigenvalue weighted by Gasteiger charge is 2.23. The number of nitrogens with zero attached hydrogens (tertiary/aromatic N) is 1. The van der Waals surface area contributed by atoms with Crippen molar-refractivity contribution in [3.8, 4) is 11.5 Å². The van der Waals surface area contributed by atoms with Gasteiger partial charge in [0.05, 0.1) is 26.1 Å². The smallest absolute Gasteiger partial charge is 0.123 e. The van der Waals surface area contributed by atoms with Crippen LogP contribution >= 0.6 is 0 Å². The van der Waals surface area contributed by atoms with Gasteiger partial charge < -0.3 is 14.8 Å². The van der Waals surface area contributed by atoms with E-state index in [4.69, 9.17) is 9.47 Å². The number of benzene rings is 1. The molecule has 1 aromatic carbocycles. The van der Waals surface area contributed by atoms with Gasteiger partial charge in [-0.1, -0.05) is 0 Å². The molecule has 1 aromatic rings. The van der Waals surface area contributed by atoms with Gasteiger partial charge in [0.25, 0.3) is 0 Å². The third kappa shape index (κ3) is 2.67. The molecule has 4 nitrogen and oxygen atoms in total. The summed E-state index contributed by atoms with van der Waals surface area (Å²) in [6.45, 7) is 2.68. The largest absolute Gasteiger partial charge is 0.497 e. The average Bonchev–Trinajstić information content (AvgIpc) is 2.87. The maximum atomic E-state index is 5.83. The van der Waals surface area contributed by atoms with E-state index in [2.05, 4.69) is 16.4 Å². The van der Waals surface area contributed by atoms with E-state index >= 15 is 0 Å². The van der Waals surface area contributed by atoms with Gasteiger partial charge in [0.2, 0.25) is 0 Å². The molecule has 102 valence electrons. The highest BCUT2D eigenvalue weighted by molar-refractivity contribution is 5.84. The van der Waals surface area contributed by atoms with Crippen LogP contribution in [-0.2, 0) is 0 Å². The third-order valence-electron chi connectivity index (χ3n) is 3.79. The summed E-state index contributed by atoms with van der Waals surface area (Å²) in [5, 5.41) is 3.36. The van der Waals surface area contributed by atoms with E-state index in [9.17, 15) is 0 Å². The molecule has 0 bridgehead atoms. The van der Waals surface area contributed by atoms with Crippen molar-refractivity contribution in [2.45, 2.75) is 25.2 Å². The van der Waals surface area contributed by atoms with E-state index < -0.39 is 0 Å². The number of ether oxygens (including phenoxy) is 2. The van der Waals surface area contributed by atoms with Crippen molar-refractivity contribution in [1.82, 2.24) is 5.32 Å². The molecule has 1 unspecified atom stereocenters. The highest BCUT2D eigenvalue weighted by Crippen LogP contribution is 2.37. The fourth-order valence-electron chi connectivity index (χ4n) is 2.80. The van der Waals surface area contributed by atoms with Crippen molar-refractivity contribution in [3.05, 3.63) is 23.8 Å². The molecule has 2 aliphatic heterocycles. The van der Waals surface area contributed by atoms with Crippen molar-refractivity contribution in [3.63, 3.8) is 0 Å². The van der Waals surface area contributed by atoms with Gasteiger partial charge in [0.15, 0.2) is 0 Å². The number of aliphatic imine (C=N–C) groups is 1. The van der Waals surface area contributed by atoms with Crippen LogP contribution in [0.3, 0.4) is 0 Å². The number of fused-ring (bicyclic) bond motifs is 1. The summed E-state index contributed by atoms with van der Waals surface area (Å²) in [5.41, 5.74) is 1.26. The molecule has 0 radical (unpaired) electrons. The first-order valence-electron chi connectivity index (χ1n) is 6.95. The van der Waals surface area contributed by atoms with E-state index in [1.165, 1.54) is 5.56 Å². The quantitative estimate of drug-likeness (QED) is 0.907. The zero-order valence-electron chi connectivity index (χ0n) is 11.3. The van der Waals surface area contributed by atoms with Crippen LogP contribution in [0.1, 0.15) is 30.7 Å². The van der Waals surface area contributed by atoms with Gasteiger partial charge in [0, 0.05) is 18.5 Å². The summed E-state index contributed by atoms with van der Waals surface area (Å²) in [6, 6.07) is 6.10. The lowest BCUT2D eigenvalue weighted by molar-refractivity contribution is 0.315. The Morgan fingerprint density at radius 3 is 3.21 bits per heavy atom. The molecule has 1 N–H and O–H groups in total. The first-order valence-corrected chi connectivity index (χ1v) is 6.95. The molecule has 0 spiro atoms. The molecular formula is C15H20N2O2. The first kappa shape index (κ1) is 12.3. The van der Waals surface area contributed by atoms with E-state index in [0.717, 1.165) is 56.3 Å². The number of hydrogen-bond donors (Lipinski definition) is 1. The normalized spacial score (nSPS) is 21.7. The Balaban J connectivity index is 1.87. The molecule has 0 aliphatic carbocycles. The van der Waals surface area contributed by atoms with Gasteiger partial charge in [0.1, 0.15) is 11.5 Å². The van der Waals surface area contributed by atoms with Gasteiger partial charge in [-0.3, -0.25) is 4.99 Å². The minimum atomic E-state index is 0.469. The fourth-order valence-corrected chi connectivity index (χ4v) is 2.80. The molecule has 0 saturated carbocycles. The SMILES string of the molecule is COc1ccc2c(c1)C(CC1=NCCN1)CCCO2. The fraction of sp³-hybridized carbons (Fsp3) is 0.533. The van der Waals surface area contributed by atoms with Crippen LogP contribution < -0.4 is 14.8 Å². The summed E-state index contributed by atoms with van der Waals surface area (Å²) in [4.78, 5) is 4.51. The lowest BCUT2D eigenvalue weighted by Crippen LogP contribution is -2.20. The second-order valence-corrected chi connectivity index (χ2v) is 5.05. The van der Waals surface area contributed by atoms with Gasteiger partial charge in [-0.2, -0.15) is 0 Å². The van der Waals surface area contributed by atoms with Crippen LogP contribution in [0.5, 0.6) is 11.5 Å². The van der Waals surface area contributed by atoms with E-state index in [1.807, 2.05) is 12.1 Å². The second kappa shape index (κ2) is 5.51. The van der Waals surface area contributed by atoms with Crippen LogP contribution in [0, 0.1) is 0 Å². The molecule has 19 heavy (non-hydrogen) atoms. The molecule has 0 amide bonds. The van der Waals surface area contributed by atoms with E-state index in [-0.39, 0.29) is 0 Å². The van der Waals surface area contributed by atoms with Crippen molar-refractivity contribution < 1.29 is 9.47 Å². The summed E-state index contributed by atoms with van der Waals surface area (Å²) in [5.74, 6) is 3.51. The zero-order valence-corrected chi connectivity index (χ0v) is 11.3. The molecule has 2 heterocycles. The summed E-state index contributed by atoms with van der Waals surface area (Å²) in [7, 11) is 1.71. The molecule has 0 saturated heterocycles. The van der Waals surface area contributed by atoms with Gasteiger partial charge in [-0.05, 0) is 37.0 Å². The van der Waals surface area contributed by atoms with Crippen molar-refractivity contribution in [2.24, 2.45) is 4.99 Å². The lowest BCUT2D eigenvalue weighted by Gasteiger charge is -2.17. The average molecular weight is 260 g/mol. The van der Waals surface area contributed by atoms with Crippen LogP contribution in [0.2, 0.25) is 0 Å². The van der Waals surface area contributed by atoms with Gasteiger partial charge in [-0.15, -0.1) is 0 Å². The van der Waals surface area contributed by atoms with Crippen LogP contribution in [0.25, 0.3) is 0 Å². The number of nitrogens with one attached hydrogen (secondary N) is 1. The number of hydrogen-bond acceptors (Lipinski definition) is 4. The Morgan fingerprint density at radius 2 is 2.42 bits per heavy atom. The summed E-state index contributed by atoms with van der Waals surface area (Å²) in [6.07, 6.45) is 3.21. The summed E-state index contributed by atoms with van der Waals surface area (Å²) < 4.78 is 11.2. The summed E-state index contributed by atoms with van der Waals surface area (Å²) >= 11 is 0. The first-order chi connectivity index (χ1) is 9.36. The number of methoxy groups -OCH3 is 1. The second-order valence-electron chi connectivity index (χ2n) is 5.05. The molecule has 2 aliphatic rings. The lowest BCUT2D eigenvalue weighted by atomic mass is 9.90. The highest BCUT2D eigenvalue weighted by atomic mass is 16.5. The minimum absolute atomic E-state index is 0.469. The Hall–Kier alpha value is -1.71. The minimum Gasteiger partial charge on any atom is -0.497 e. The Bertz CT molecular complexity index is 485. The predicted octanol–water partition coefficient (Wildman–Crippen LogP) is 2.34. The molecular weight excluding hydrogens is 240 g/mol. The van der Waals surface area contributed by atoms with Crippen molar-refractivity contribution in [2.75, 3.05) is 26.8 Å². The maximum absolute atomic E-state index is 5.83. The predicted molar refractivity (Wildman–Crippen MR) is 75.4 cm³/mol. The monoisotopic (exact) mass is 260 g/mol. The van der Waals surface area contributed by atoms with Gasteiger partial charge >= 0.3 is 0 Å². The standard InChI is InChI=1S/C15H20N2O2/c1-18-12-4-5-14-13(10-12)11(3-2-8-19-14)9-15-16-6-7-17-15/h4-5,10-11H,2-3,6-9H2,1H3,(H,16,17). The molecule has 0 aromatic heterocycles. The zero-order chi connectivity index (χ0) is 13.1. The molecule has 1 atom stereocenters. The molecule has 3 rings (SSSR count).